The van der Waals surface area contributed by atoms with E-state index in [1.807, 2.05) is 48.7 Å². The van der Waals surface area contributed by atoms with E-state index < -0.39 is 0 Å². The van der Waals surface area contributed by atoms with Crippen LogP contribution in [0.1, 0.15) is 23.1 Å². The van der Waals surface area contributed by atoms with Gasteiger partial charge in [-0.1, -0.05) is 48.5 Å². The van der Waals surface area contributed by atoms with Gasteiger partial charge in [-0.05, 0) is 48.2 Å². The smallest absolute Gasteiger partial charge is 0.242 e. The minimum absolute atomic E-state index is 0.0627. The van der Waals surface area contributed by atoms with E-state index in [1.54, 1.807) is 36.2 Å². The predicted molar refractivity (Wildman–Crippen MR) is 154 cm³/mol. The van der Waals surface area contributed by atoms with Crippen LogP contribution in [0.3, 0.4) is 0 Å². The van der Waals surface area contributed by atoms with Crippen LogP contribution in [-0.2, 0) is 33.7 Å². The highest BCUT2D eigenvalue weighted by Crippen LogP contribution is 2.22. The predicted octanol–water partition coefficient (Wildman–Crippen LogP) is 4.99. The Kier molecular flexibility index (Phi) is 10.3. The van der Waals surface area contributed by atoms with Gasteiger partial charge in [0.1, 0.15) is 11.6 Å². The molecule has 8 heteroatoms. The van der Waals surface area contributed by atoms with Crippen LogP contribution in [0.5, 0.6) is 5.75 Å². The molecule has 7 nitrogen and oxygen atoms in total. The SMILES string of the molecule is COCCCN(CC(=O)N(CCc1c[nH]c2ccccc12)Cc1ccccc1OC)C(=O)Cc1ccc(F)cc1. The van der Waals surface area contributed by atoms with Gasteiger partial charge in [0, 0.05) is 56.0 Å². The maximum atomic E-state index is 13.8. The number of carbonyl (C=O) groups is 2. The lowest BCUT2D eigenvalue weighted by molar-refractivity contribution is -0.140. The molecule has 1 aromatic heterocycles. The van der Waals surface area contributed by atoms with Gasteiger partial charge < -0.3 is 24.3 Å². The van der Waals surface area contributed by atoms with Gasteiger partial charge in [-0.25, -0.2) is 4.39 Å². The average Bonchev–Trinajstić information content (AvgIpc) is 3.39. The molecule has 0 aliphatic heterocycles. The van der Waals surface area contributed by atoms with Crippen molar-refractivity contribution in [2.75, 3.05) is 40.5 Å². The van der Waals surface area contributed by atoms with Gasteiger partial charge in [0.05, 0.1) is 20.1 Å². The van der Waals surface area contributed by atoms with Gasteiger partial charge in [-0.15, -0.1) is 0 Å². The quantitative estimate of drug-likeness (QED) is 0.227. The van der Waals surface area contributed by atoms with E-state index in [0.29, 0.717) is 50.4 Å². The first-order valence-electron chi connectivity index (χ1n) is 13.4. The largest absolute Gasteiger partial charge is 0.496 e. The standard InChI is InChI=1S/C32H36FN3O4/c1-39-19-7-17-35(31(37)20-24-12-14-27(33)15-13-24)23-32(38)36(22-26-8-3-6-11-30(26)40-2)18-16-25-21-34-29-10-5-4-9-28(25)29/h3-6,8-15,21,34H,7,16-20,22-23H2,1-2H3. The van der Waals surface area contributed by atoms with E-state index in [4.69, 9.17) is 9.47 Å². The highest BCUT2D eigenvalue weighted by molar-refractivity contribution is 5.86. The summed E-state index contributed by atoms with van der Waals surface area (Å²) in [6, 6.07) is 21.6. The molecule has 0 aliphatic carbocycles. The van der Waals surface area contributed by atoms with Crippen LogP contribution < -0.4 is 4.74 Å². The van der Waals surface area contributed by atoms with Crippen molar-refractivity contribution >= 4 is 22.7 Å². The molecule has 0 unspecified atom stereocenters. The summed E-state index contributed by atoms with van der Waals surface area (Å²) in [6.07, 6.45) is 3.32. The zero-order valence-electron chi connectivity index (χ0n) is 23.1. The van der Waals surface area contributed by atoms with Gasteiger partial charge >= 0.3 is 0 Å². The third-order valence-corrected chi connectivity index (χ3v) is 6.96. The summed E-state index contributed by atoms with van der Waals surface area (Å²) in [5.41, 5.74) is 3.76. The van der Waals surface area contributed by atoms with Crippen molar-refractivity contribution in [2.24, 2.45) is 0 Å². The van der Waals surface area contributed by atoms with Gasteiger partial charge in [0.25, 0.3) is 0 Å². The molecule has 1 N–H and O–H groups in total. The first kappa shape index (κ1) is 28.8. The van der Waals surface area contributed by atoms with Crippen molar-refractivity contribution in [3.05, 3.63) is 102 Å². The molecule has 4 rings (SSSR count). The van der Waals surface area contributed by atoms with Gasteiger partial charge in [-0.3, -0.25) is 9.59 Å². The van der Waals surface area contributed by atoms with Crippen molar-refractivity contribution < 1.29 is 23.5 Å². The zero-order valence-corrected chi connectivity index (χ0v) is 23.1. The summed E-state index contributed by atoms with van der Waals surface area (Å²) in [6.45, 7) is 1.61. The highest BCUT2D eigenvalue weighted by Gasteiger charge is 2.23. The topological polar surface area (TPSA) is 74.9 Å². The molecule has 2 amide bonds. The molecule has 0 bridgehead atoms. The molecular weight excluding hydrogens is 509 g/mol. The number of methoxy groups -OCH3 is 2. The molecule has 0 saturated carbocycles. The number of carbonyl (C=O) groups excluding carboxylic acids is 2. The van der Waals surface area contributed by atoms with Gasteiger partial charge in [-0.2, -0.15) is 0 Å². The Morgan fingerprint density at radius 1 is 0.850 bits per heavy atom. The van der Waals surface area contributed by atoms with Crippen LogP contribution in [0.2, 0.25) is 0 Å². The second-order valence-electron chi connectivity index (χ2n) is 9.70. The number of H-pyrrole nitrogens is 1. The van der Waals surface area contributed by atoms with Crippen LogP contribution in [-0.4, -0.2) is 67.1 Å². The monoisotopic (exact) mass is 545 g/mol. The lowest BCUT2D eigenvalue weighted by atomic mass is 10.1. The molecule has 0 saturated heterocycles. The molecule has 0 radical (unpaired) electrons. The number of ether oxygens (including phenoxy) is 2. The first-order chi connectivity index (χ1) is 19.5. The number of hydrogen-bond donors (Lipinski definition) is 1. The Bertz CT molecular complexity index is 1400. The van der Waals surface area contributed by atoms with E-state index in [-0.39, 0.29) is 30.6 Å². The molecule has 4 aromatic rings. The van der Waals surface area contributed by atoms with Gasteiger partial charge in [0.2, 0.25) is 11.8 Å². The number of para-hydroxylation sites is 2. The van der Waals surface area contributed by atoms with Crippen LogP contribution in [0.15, 0.2) is 79.0 Å². The Balaban J connectivity index is 1.53. The summed E-state index contributed by atoms with van der Waals surface area (Å²) in [5, 5.41) is 1.13. The summed E-state index contributed by atoms with van der Waals surface area (Å²) >= 11 is 0. The number of nitrogens with zero attached hydrogens (tertiary/aromatic N) is 2. The average molecular weight is 546 g/mol. The molecule has 40 heavy (non-hydrogen) atoms. The number of aromatic nitrogens is 1. The lowest BCUT2D eigenvalue weighted by Gasteiger charge is -2.28. The van der Waals surface area contributed by atoms with E-state index in [0.717, 1.165) is 22.0 Å². The van der Waals surface area contributed by atoms with Crippen molar-refractivity contribution in [3.8, 4) is 5.75 Å². The number of rotatable bonds is 14. The van der Waals surface area contributed by atoms with Crippen molar-refractivity contribution in [1.82, 2.24) is 14.8 Å². The number of amides is 2. The van der Waals surface area contributed by atoms with Gasteiger partial charge in [0.15, 0.2) is 0 Å². The fourth-order valence-corrected chi connectivity index (χ4v) is 4.77. The molecule has 0 spiro atoms. The van der Waals surface area contributed by atoms with Crippen LogP contribution >= 0.6 is 0 Å². The van der Waals surface area contributed by atoms with Crippen LogP contribution in [0.4, 0.5) is 4.39 Å². The fourth-order valence-electron chi connectivity index (χ4n) is 4.77. The van der Waals surface area contributed by atoms with Crippen molar-refractivity contribution in [2.45, 2.75) is 25.8 Å². The Hall–Kier alpha value is -4.17. The zero-order chi connectivity index (χ0) is 28.3. The van der Waals surface area contributed by atoms with E-state index in [9.17, 15) is 14.0 Å². The van der Waals surface area contributed by atoms with Crippen molar-refractivity contribution in [3.63, 3.8) is 0 Å². The summed E-state index contributed by atoms with van der Waals surface area (Å²) < 4.78 is 24.1. The molecule has 210 valence electrons. The number of fused-ring (bicyclic) bond motifs is 1. The maximum absolute atomic E-state index is 13.8. The number of benzene rings is 3. The third kappa shape index (κ3) is 7.70. The molecule has 0 aliphatic rings. The first-order valence-corrected chi connectivity index (χ1v) is 13.4. The number of hydrogen-bond acceptors (Lipinski definition) is 4. The van der Waals surface area contributed by atoms with E-state index in [2.05, 4.69) is 11.1 Å². The van der Waals surface area contributed by atoms with Crippen LogP contribution in [0, 0.1) is 5.82 Å². The molecule has 1 heterocycles. The van der Waals surface area contributed by atoms with Crippen molar-refractivity contribution in [1.29, 1.82) is 0 Å². The minimum Gasteiger partial charge on any atom is -0.496 e. The summed E-state index contributed by atoms with van der Waals surface area (Å²) in [7, 11) is 3.22. The van der Waals surface area contributed by atoms with Crippen LogP contribution in [0.25, 0.3) is 10.9 Å². The maximum Gasteiger partial charge on any atom is 0.242 e. The minimum atomic E-state index is -0.356. The number of halogens is 1. The third-order valence-electron chi connectivity index (χ3n) is 6.96. The normalized spacial score (nSPS) is 11.0. The Morgan fingerprint density at radius 2 is 1.60 bits per heavy atom. The number of aromatic amines is 1. The fraction of sp³-hybridized carbons (Fsp3) is 0.312. The molecule has 3 aromatic carbocycles. The lowest BCUT2D eigenvalue weighted by Crippen LogP contribution is -2.44. The second-order valence-corrected chi connectivity index (χ2v) is 9.70. The molecule has 0 fully saturated rings. The van der Waals surface area contributed by atoms with E-state index in [1.165, 1.54) is 12.1 Å². The summed E-state index contributed by atoms with van der Waals surface area (Å²) in [4.78, 5) is 33.8. The van der Waals surface area contributed by atoms with E-state index >= 15 is 0 Å². The molecular formula is C32H36FN3O4. The molecule has 0 atom stereocenters. The highest BCUT2D eigenvalue weighted by atomic mass is 19.1. The Labute approximate surface area is 234 Å². The Morgan fingerprint density at radius 3 is 2.38 bits per heavy atom. The second kappa shape index (κ2) is 14.3. The summed E-state index contributed by atoms with van der Waals surface area (Å²) in [5.74, 6) is 0.00259. The number of nitrogens with one attached hydrogen (secondary N) is 1.